The maximum Gasteiger partial charge on any atom is 0.337 e. The first-order valence-corrected chi connectivity index (χ1v) is 5.95. The van der Waals surface area contributed by atoms with Gasteiger partial charge in [-0.05, 0) is 36.1 Å². The highest BCUT2D eigenvalue weighted by atomic mass is 32.1. The van der Waals surface area contributed by atoms with Crippen LogP contribution in [-0.4, -0.2) is 11.1 Å². The molecule has 0 aliphatic heterocycles. The van der Waals surface area contributed by atoms with Gasteiger partial charge in [0.1, 0.15) is 0 Å². The topological polar surface area (TPSA) is 75.3 Å². The highest BCUT2D eigenvalue weighted by Gasteiger charge is 2.11. The van der Waals surface area contributed by atoms with Gasteiger partial charge in [0, 0.05) is 22.4 Å². The quantitative estimate of drug-likeness (QED) is 0.730. The van der Waals surface area contributed by atoms with Gasteiger partial charge in [0.15, 0.2) is 0 Å². The van der Waals surface area contributed by atoms with E-state index in [1.807, 2.05) is 22.9 Å². The Bertz CT molecular complexity index is 550. The number of nitrogens with two attached hydrogens (primary N) is 1. The average molecular weight is 248 g/mol. The number of carbonyl (C=O) groups is 1. The van der Waals surface area contributed by atoms with Crippen molar-refractivity contribution in [2.24, 2.45) is 0 Å². The minimum Gasteiger partial charge on any atom is -0.478 e. The minimum atomic E-state index is -1.01. The average Bonchev–Trinajstić information content (AvgIpc) is 2.75. The summed E-state index contributed by atoms with van der Waals surface area (Å²) in [4.78, 5) is 11.0. The summed E-state index contributed by atoms with van der Waals surface area (Å²) in [6.07, 6.45) is 0. The van der Waals surface area contributed by atoms with Gasteiger partial charge in [-0.15, -0.1) is 0 Å². The van der Waals surface area contributed by atoms with Gasteiger partial charge < -0.3 is 16.2 Å². The Morgan fingerprint density at radius 2 is 2.18 bits per heavy atom. The predicted molar refractivity (Wildman–Crippen MR) is 70.2 cm³/mol. The molecule has 0 radical (unpaired) electrons. The van der Waals surface area contributed by atoms with E-state index in [-0.39, 0.29) is 5.56 Å². The number of aromatic carboxylic acids is 1. The molecule has 0 unspecified atom stereocenters. The maximum atomic E-state index is 11.0. The second kappa shape index (κ2) is 4.47. The third kappa shape index (κ3) is 2.39. The van der Waals surface area contributed by atoms with Crippen molar-refractivity contribution in [3.05, 3.63) is 40.1 Å². The molecule has 0 aliphatic carbocycles. The number of carboxylic acids is 1. The van der Waals surface area contributed by atoms with Crippen LogP contribution in [0.25, 0.3) is 0 Å². The van der Waals surface area contributed by atoms with Crippen molar-refractivity contribution in [1.82, 2.24) is 0 Å². The highest BCUT2D eigenvalue weighted by molar-refractivity contribution is 7.08. The second-order valence-electron chi connectivity index (χ2n) is 3.70. The van der Waals surface area contributed by atoms with E-state index < -0.39 is 5.97 Å². The summed E-state index contributed by atoms with van der Waals surface area (Å²) in [5, 5.41) is 16.1. The number of aryl methyl sites for hydroxylation is 1. The molecule has 4 N–H and O–H groups in total. The molecule has 5 heteroatoms. The molecule has 4 nitrogen and oxygen atoms in total. The third-order valence-corrected chi connectivity index (χ3v) is 3.11. The lowest BCUT2D eigenvalue weighted by Gasteiger charge is -2.10. The number of nitrogens with one attached hydrogen (secondary N) is 1. The van der Waals surface area contributed by atoms with Crippen LogP contribution < -0.4 is 11.1 Å². The smallest absolute Gasteiger partial charge is 0.337 e. The summed E-state index contributed by atoms with van der Waals surface area (Å²) in [5.41, 5.74) is 8.58. The Morgan fingerprint density at radius 3 is 2.76 bits per heavy atom. The zero-order valence-corrected chi connectivity index (χ0v) is 10.0. The van der Waals surface area contributed by atoms with Crippen LogP contribution in [0.3, 0.4) is 0 Å². The van der Waals surface area contributed by atoms with Gasteiger partial charge >= 0.3 is 5.97 Å². The van der Waals surface area contributed by atoms with Crippen LogP contribution in [-0.2, 0) is 0 Å². The van der Waals surface area contributed by atoms with Crippen LogP contribution in [0.4, 0.5) is 17.1 Å². The third-order valence-electron chi connectivity index (χ3n) is 2.43. The Balaban J connectivity index is 2.39. The first kappa shape index (κ1) is 11.5. The SMILES string of the molecule is Cc1cc(Nc2ccsc2)cc(C(=O)O)c1N. The first-order valence-electron chi connectivity index (χ1n) is 5.00. The molecule has 0 amide bonds. The van der Waals surface area contributed by atoms with E-state index >= 15 is 0 Å². The molecular formula is C12H12N2O2S. The lowest BCUT2D eigenvalue weighted by Crippen LogP contribution is -2.05. The van der Waals surface area contributed by atoms with Crippen LogP contribution in [0.2, 0.25) is 0 Å². The predicted octanol–water partition coefficient (Wildman–Crippen LogP) is 3.08. The van der Waals surface area contributed by atoms with Gasteiger partial charge in [0.05, 0.1) is 5.56 Å². The number of thiophene rings is 1. The number of hydrogen-bond acceptors (Lipinski definition) is 4. The van der Waals surface area contributed by atoms with Gasteiger partial charge in [-0.3, -0.25) is 0 Å². The molecule has 0 atom stereocenters. The number of benzene rings is 1. The molecular weight excluding hydrogens is 236 g/mol. The van der Waals surface area contributed by atoms with E-state index in [0.29, 0.717) is 5.69 Å². The second-order valence-corrected chi connectivity index (χ2v) is 4.48. The lowest BCUT2D eigenvalue weighted by molar-refractivity contribution is 0.0698. The molecule has 88 valence electrons. The molecule has 0 saturated heterocycles. The van der Waals surface area contributed by atoms with E-state index in [9.17, 15) is 4.79 Å². The van der Waals surface area contributed by atoms with Gasteiger partial charge in [-0.2, -0.15) is 11.3 Å². The molecule has 1 aromatic heterocycles. The molecule has 2 rings (SSSR count). The summed E-state index contributed by atoms with van der Waals surface area (Å²) in [7, 11) is 0. The van der Waals surface area contributed by atoms with Crippen molar-refractivity contribution in [2.75, 3.05) is 11.1 Å². The standard InChI is InChI=1S/C12H12N2O2S/c1-7-4-9(14-8-2-3-17-6-8)5-10(11(7)13)12(15)16/h2-6,14H,13H2,1H3,(H,15,16). The van der Waals surface area contributed by atoms with Gasteiger partial charge in [-0.25, -0.2) is 4.79 Å². The van der Waals surface area contributed by atoms with E-state index in [4.69, 9.17) is 10.8 Å². The molecule has 0 fully saturated rings. The maximum absolute atomic E-state index is 11.0. The zero-order valence-electron chi connectivity index (χ0n) is 9.23. The Hall–Kier alpha value is -2.01. The van der Waals surface area contributed by atoms with E-state index in [1.165, 1.54) is 0 Å². The summed E-state index contributed by atoms with van der Waals surface area (Å²) in [6.45, 7) is 1.79. The molecule has 0 bridgehead atoms. The highest BCUT2D eigenvalue weighted by Crippen LogP contribution is 2.26. The van der Waals surface area contributed by atoms with Crippen molar-refractivity contribution in [2.45, 2.75) is 6.92 Å². The molecule has 17 heavy (non-hydrogen) atoms. The van der Waals surface area contributed by atoms with Crippen LogP contribution in [0.1, 0.15) is 15.9 Å². The van der Waals surface area contributed by atoms with E-state index in [1.54, 1.807) is 24.3 Å². The largest absolute Gasteiger partial charge is 0.478 e. The normalized spacial score (nSPS) is 10.2. The van der Waals surface area contributed by atoms with Crippen LogP contribution in [0.5, 0.6) is 0 Å². The number of carboxylic acid groups (broad SMARTS) is 1. The molecule has 1 heterocycles. The van der Waals surface area contributed by atoms with Crippen LogP contribution >= 0.6 is 11.3 Å². The summed E-state index contributed by atoms with van der Waals surface area (Å²) in [6, 6.07) is 5.30. The summed E-state index contributed by atoms with van der Waals surface area (Å²) >= 11 is 1.57. The van der Waals surface area contributed by atoms with Crippen molar-refractivity contribution in [3.63, 3.8) is 0 Å². The number of nitrogen functional groups attached to an aromatic ring is 1. The summed E-state index contributed by atoms with van der Waals surface area (Å²) < 4.78 is 0. The summed E-state index contributed by atoms with van der Waals surface area (Å²) in [5.74, 6) is -1.01. The number of anilines is 3. The fourth-order valence-corrected chi connectivity index (χ4v) is 2.14. The molecule has 2 aromatic rings. The Kier molecular flexibility index (Phi) is 3.01. The molecule has 0 aliphatic rings. The van der Waals surface area contributed by atoms with Gasteiger partial charge in [0.2, 0.25) is 0 Å². The number of hydrogen-bond donors (Lipinski definition) is 3. The van der Waals surface area contributed by atoms with Crippen LogP contribution in [0, 0.1) is 6.92 Å². The van der Waals surface area contributed by atoms with Crippen molar-refractivity contribution >= 4 is 34.4 Å². The van der Waals surface area contributed by atoms with E-state index in [2.05, 4.69) is 5.32 Å². The van der Waals surface area contributed by atoms with Crippen LogP contribution in [0.15, 0.2) is 29.0 Å². The molecule has 0 saturated carbocycles. The zero-order chi connectivity index (χ0) is 12.4. The van der Waals surface area contributed by atoms with Crippen molar-refractivity contribution < 1.29 is 9.90 Å². The molecule has 0 spiro atoms. The fraction of sp³-hybridized carbons (Fsp3) is 0.0833. The molecule has 1 aromatic carbocycles. The Morgan fingerprint density at radius 1 is 1.41 bits per heavy atom. The number of rotatable bonds is 3. The monoisotopic (exact) mass is 248 g/mol. The minimum absolute atomic E-state index is 0.128. The van der Waals surface area contributed by atoms with Gasteiger partial charge in [0.25, 0.3) is 0 Å². The van der Waals surface area contributed by atoms with Crippen molar-refractivity contribution in [1.29, 1.82) is 0 Å². The fourth-order valence-electron chi connectivity index (χ4n) is 1.55. The van der Waals surface area contributed by atoms with Gasteiger partial charge in [-0.1, -0.05) is 0 Å². The lowest BCUT2D eigenvalue weighted by atomic mass is 10.1. The Labute approximate surface area is 103 Å². The van der Waals surface area contributed by atoms with E-state index in [0.717, 1.165) is 16.9 Å². The first-order chi connectivity index (χ1) is 8.08. The van der Waals surface area contributed by atoms with Crippen molar-refractivity contribution in [3.8, 4) is 0 Å².